The fraction of sp³-hybridized carbons (Fsp3) is 0.400. The summed E-state index contributed by atoms with van der Waals surface area (Å²) >= 11 is 0. The molecule has 1 fully saturated rings. The lowest BCUT2D eigenvalue weighted by Gasteiger charge is -2.42. The lowest BCUT2D eigenvalue weighted by Crippen LogP contribution is -2.54. The standard InChI is InChI=1S/C25H29FN4O5/c1-3-27-23(31)13-18-9-10-20-22(35-18)14-34-21-11-8-17(12-19(21)24(32)30(20)2)29-25(33)28-16-6-4-15(26)5-7-16/h4-8,11-12,18,20,22H,3,9-10,13-14H2,1-2H3,(H,27,31)(H2,28,29,33)/t18-,20+,22-/m0/s1. The summed E-state index contributed by atoms with van der Waals surface area (Å²) in [6.45, 7) is 2.67. The topological polar surface area (TPSA) is 109 Å². The summed E-state index contributed by atoms with van der Waals surface area (Å²) in [5, 5.41) is 8.09. The molecule has 3 atom stereocenters. The van der Waals surface area contributed by atoms with E-state index >= 15 is 0 Å². The van der Waals surface area contributed by atoms with Gasteiger partial charge in [-0.1, -0.05) is 0 Å². The highest BCUT2D eigenvalue weighted by atomic mass is 19.1. The number of fused-ring (bicyclic) bond motifs is 2. The monoisotopic (exact) mass is 484 g/mol. The normalized spacial score (nSPS) is 21.5. The first-order valence-electron chi connectivity index (χ1n) is 11.6. The Hall–Kier alpha value is -3.66. The number of urea groups is 1. The second-order valence-electron chi connectivity index (χ2n) is 8.62. The van der Waals surface area contributed by atoms with E-state index < -0.39 is 11.8 Å². The maximum atomic E-state index is 13.3. The molecule has 0 unspecified atom stereocenters. The van der Waals surface area contributed by atoms with Gasteiger partial charge in [0, 0.05) is 25.0 Å². The number of carbonyl (C=O) groups is 3. The molecule has 0 aromatic heterocycles. The summed E-state index contributed by atoms with van der Waals surface area (Å²) in [6, 6.07) is 9.51. The molecule has 0 bridgehead atoms. The van der Waals surface area contributed by atoms with Crippen molar-refractivity contribution in [2.24, 2.45) is 0 Å². The number of nitrogens with zero attached hydrogens (tertiary/aromatic N) is 1. The number of halogens is 1. The van der Waals surface area contributed by atoms with Crippen LogP contribution < -0.4 is 20.7 Å². The fourth-order valence-electron chi connectivity index (χ4n) is 4.41. The van der Waals surface area contributed by atoms with E-state index in [1.807, 2.05) is 6.92 Å². The minimum atomic E-state index is -0.525. The number of amides is 4. The maximum Gasteiger partial charge on any atom is 0.323 e. The number of nitrogens with one attached hydrogen (secondary N) is 3. The highest BCUT2D eigenvalue weighted by Crippen LogP contribution is 2.32. The van der Waals surface area contributed by atoms with Gasteiger partial charge in [-0.3, -0.25) is 9.59 Å². The first-order chi connectivity index (χ1) is 16.8. The van der Waals surface area contributed by atoms with Crippen LogP contribution >= 0.6 is 0 Å². The molecule has 0 spiro atoms. The van der Waals surface area contributed by atoms with Crippen LogP contribution in [0.4, 0.5) is 20.6 Å². The van der Waals surface area contributed by atoms with Gasteiger partial charge in [0.2, 0.25) is 5.91 Å². The van der Waals surface area contributed by atoms with Crippen molar-refractivity contribution in [3.05, 3.63) is 53.8 Å². The molecular formula is C25H29FN4O5. The third-order valence-corrected chi connectivity index (χ3v) is 6.16. The molecular weight excluding hydrogens is 455 g/mol. The lowest BCUT2D eigenvalue weighted by atomic mass is 9.94. The third-order valence-electron chi connectivity index (χ3n) is 6.16. The van der Waals surface area contributed by atoms with Gasteiger partial charge in [-0.15, -0.1) is 0 Å². The van der Waals surface area contributed by atoms with Gasteiger partial charge in [0.1, 0.15) is 24.3 Å². The average molecular weight is 485 g/mol. The van der Waals surface area contributed by atoms with Crippen LogP contribution in [0.25, 0.3) is 0 Å². The van der Waals surface area contributed by atoms with Gasteiger partial charge in [0.25, 0.3) is 5.91 Å². The zero-order chi connectivity index (χ0) is 24.9. The van der Waals surface area contributed by atoms with Crippen molar-refractivity contribution in [2.45, 2.75) is 44.4 Å². The first-order valence-corrected chi connectivity index (χ1v) is 11.6. The van der Waals surface area contributed by atoms with Crippen molar-refractivity contribution >= 4 is 29.2 Å². The van der Waals surface area contributed by atoms with Crippen LogP contribution in [0.1, 0.15) is 36.5 Å². The number of likely N-dealkylation sites (N-methyl/N-ethyl adjacent to an activating group) is 1. The molecule has 2 aromatic carbocycles. The molecule has 2 aliphatic heterocycles. The zero-order valence-electron chi connectivity index (χ0n) is 19.7. The van der Waals surface area contributed by atoms with E-state index in [1.54, 1.807) is 30.1 Å². The average Bonchev–Trinajstić information content (AvgIpc) is 2.83. The van der Waals surface area contributed by atoms with Crippen molar-refractivity contribution in [2.75, 3.05) is 30.8 Å². The highest BCUT2D eigenvalue weighted by Gasteiger charge is 2.39. The van der Waals surface area contributed by atoms with Gasteiger partial charge in [-0.25, -0.2) is 9.18 Å². The van der Waals surface area contributed by atoms with E-state index in [9.17, 15) is 18.8 Å². The van der Waals surface area contributed by atoms with Crippen molar-refractivity contribution in [1.29, 1.82) is 0 Å². The molecule has 2 heterocycles. The van der Waals surface area contributed by atoms with E-state index in [0.717, 1.165) is 0 Å². The molecule has 10 heteroatoms. The molecule has 1 saturated heterocycles. The van der Waals surface area contributed by atoms with Gasteiger partial charge in [-0.05, 0) is 62.2 Å². The minimum Gasteiger partial charge on any atom is -0.490 e. The summed E-state index contributed by atoms with van der Waals surface area (Å²) in [6.07, 6.45) is 1.05. The van der Waals surface area contributed by atoms with E-state index in [-0.39, 0.29) is 43.1 Å². The predicted octanol–water partition coefficient (Wildman–Crippen LogP) is 3.38. The van der Waals surface area contributed by atoms with E-state index in [4.69, 9.17) is 9.47 Å². The second kappa shape index (κ2) is 10.7. The van der Waals surface area contributed by atoms with E-state index in [2.05, 4.69) is 16.0 Å². The summed E-state index contributed by atoms with van der Waals surface area (Å²) in [5.74, 6) is -0.313. The Morgan fingerprint density at radius 2 is 1.80 bits per heavy atom. The van der Waals surface area contributed by atoms with E-state index in [1.165, 1.54) is 24.3 Å². The molecule has 2 aliphatic rings. The molecule has 186 valence electrons. The van der Waals surface area contributed by atoms with Crippen LogP contribution in [-0.2, 0) is 9.53 Å². The van der Waals surface area contributed by atoms with Crippen LogP contribution in [0.3, 0.4) is 0 Å². The Bertz CT molecular complexity index is 1090. The summed E-state index contributed by atoms with van der Waals surface area (Å²) in [4.78, 5) is 39.3. The molecule has 4 rings (SSSR count). The Kier molecular flexibility index (Phi) is 7.50. The van der Waals surface area contributed by atoms with Crippen LogP contribution in [0, 0.1) is 5.82 Å². The van der Waals surface area contributed by atoms with Gasteiger partial charge < -0.3 is 30.3 Å². The quantitative estimate of drug-likeness (QED) is 0.603. The molecule has 2 aromatic rings. The summed E-state index contributed by atoms with van der Waals surface area (Å²) in [5.41, 5.74) is 1.17. The molecule has 3 N–H and O–H groups in total. The summed E-state index contributed by atoms with van der Waals surface area (Å²) < 4.78 is 25.2. The SMILES string of the molecule is CCNC(=O)C[C@@H]1CC[C@@H]2[C@H](COc3ccc(NC(=O)Nc4ccc(F)cc4)cc3C(=O)N2C)O1. The van der Waals surface area contributed by atoms with E-state index in [0.29, 0.717) is 42.1 Å². The Morgan fingerprint density at radius 1 is 1.09 bits per heavy atom. The van der Waals surface area contributed by atoms with Crippen LogP contribution in [0.15, 0.2) is 42.5 Å². The Morgan fingerprint density at radius 3 is 2.54 bits per heavy atom. The third kappa shape index (κ3) is 5.89. The number of rotatable bonds is 5. The Balaban J connectivity index is 1.44. The van der Waals surface area contributed by atoms with Crippen molar-refractivity contribution in [3.8, 4) is 5.75 Å². The number of anilines is 2. The van der Waals surface area contributed by atoms with Gasteiger partial charge in [0.05, 0.1) is 24.1 Å². The predicted molar refractivity (Wildman–Crippen MR) is 128 cm³/mol. The molecule has 0 aliphatic carbocycles. The van der Waals surface area contributed by atoms with Crippen molar-refractivity contribution in [3.63, 3.8) is 0 Å². The van der Waals surface area contributed by atoms with Crippen LogP contribution in [-0.4, -0.2) is 61.2 Å². The fourth-order valence-corrected chi connectivity index (χ4v) is 4.41. The first kappa shape index (κ1) is 24.5. The number of hydrogen-bond donors (Lipinski definition) is 3. The number of benzene rings is 2. The van der Waals surface area contributed by atoms with Gasteiger partial charge in [-0.2, -0.15) is 0 Å². The van der Waals surface area contributed by atoms with Gasteiger partial charge >= 0.3 is 6.03 Å². The lowest BCUT2D eigenvalue weighted by molar-refractivity contribution is -0.133. The molecule has 0 radical (unpaired) electrons. The molecule has 0 saturated carbocycles. The smallest absolute Gasteiger partial charge is 0.323 e. The molecule has 35 heavy (non-hydrogen) atoms. The zero-order valence-corrected chi connectivity index (χ0v) is 19.7. The molecule has 4 amide bonds. The minimum absolute atomic E-state index is 0.0546. The van der Waals surface area contributed by atoms with Crippen LogP contribution in [0.5, 0.6) is 5.75 Å². The Labute approximate surface area is 203 Å². The van der Waals surface area contributed by atoms with Crippen LogP contribution in [0.2, 0.25) is 0 Å². The largest absolute Gasteiger partial charge is 0.490 e. The maximum absolute atomic E-state index is 13.3. The molecule has 9 nitrogen and oxygen atoms in total. The second-order valence-corrected chi connectivity index (χ2v) is 8.62. The number of ether oxygens (including phenoxy) is 2. The highest BCUT2D eigenvalue weighted by molar-refractivity contribution is 6.02. The summed E-state index contributed by atoms with van der Waals surface area (Å²) in [7, 11) is 1.73. The van der Waals surface area contributed by atoms with Crippen molar-refractivity contribution in [1.82, 2.24) is 10.2 Å². The number of carbonyl (C=O) groups excluding carboxylic acids is 3. The van der Waals surface area contributed by atoms with Crippen molar-refractivity contribution < 1.29 is 28.2 Å². The van der Waals surface area contributed by atoms with Gasteiger partial charge in [0.15, 0.2) is 0 Å². The number of hydrogen-bond acceptors (Lipinski definition) is 5.